The molecule has 0 aromatic heterocycles. The minimum Gasteiger partial charge on any atom is -0.388 e. The van der Waals surface area contributed by atoms with Gasteiger partial charge in [0.05, 0.1) is 31.3 Å². The monoisotopic (exact) mass is 355 g/mol. The molecule has 0 aliphatic carbocycles. The van der Waals surface area contributed by atoms with E-state index in [2.05, 4.69) is 44.3 Å². The summed E-state index contributed by atoms with van der Waals surface area (Å²) in [6, 6.07) is 0. The van der Waals surface area contributed by atoms with Crippen molar-refractivity contribution in [3.05, 3.63) is 12.2 Å². The van der Waals surface area contributed by atoms with Crippen LogP contribution < -0.4 is 5.32 Å². The molecule has 0 radical (unpaired) electrons. The van der Waals surface area contributed by atoms with E-state index in [1.165, 1.54) is 5.57 Å². The van der Waals surface area contributed by atoms with Crippen molar-refractivity contribution in [2.24, 2.45) is 11.3 Å². The number of methoxy groups -OCH3 is 1. The Morgan fingerprint density at radius 2 is 1.96 bits per heavy atom. The van der Waals surface area contributed by atoms with Crippen LogP contribution in [0.15, 0.2) is 12.2 Å². The molecule has 0 aromatic rings. The van der Waals surface area contributed by atoms with Gasteiger partial charge in [-0.25, -0.2) is 0 Å². The van der Waals surface area contributed by atoms with Gasteiger partial charge in [0.2, 0.25) is 5.91 Å². The molecule has 0 spiro atoms. The summed E-state index contributed by atoms with van der Waals surface area (Å²) in [5.74, 6) is 0.422. The van der Waals surface area contributed by atoms with Crippen LogP contribution in [0.3, 0.4) is 0 Å². The number of nitrogens with one attached hydrogen (secondary N) is 1. The van der Waals surface area contributed by atoms with E-state index in [4.69, 9.17) is 9.47 Å². The first-order chi connectivity index (χ1) is 11.7. The van der Waals surface area contributed by atoms with Crippen LogP contribution in [0.2, 0.25) is 0 Å². The maximum absolute atomic E-state index is 12.1. The molecule has 2 aliphatic rings. The normalized spacial score (nSPS) is 31.7. The molecule has 0 bridgehead atoms. The predicted octanol–water partition coefficient (Wildman–Crippen LogP) is 3.33. The number of hydrogen-bond donors (Lipinski definition) is 1. The highest BCUT2D eigenvalue weighted by molar-refractivity contribution is 5.76. The molecule has 5 nitrogen and oxygen atoms in total. The van der Waals surface area contributed by atoms with Crippen LogP contribution in [-0.4, -0.2) is 51.6 Å². The fraction of sp³-hybridized carbons (Fsp3) is 0.850. The van der Waals surface area contributed by atoms with Crippen LogP contribution in [0.1, 0.15) is 53.4 Å². The van der Waals surface area contributed by atoms with Crippen molar-refractivity contribution in [2.75, 3.05) is 27.4 Å². The van der Waals surface area contributed by atoms with Gasteiger partial charge in [0.15, 0.2) is 0 Å². The van der Waals surface area contributed by atoms with Crippen LogP contribution >= 0.6 is 0 Å². The number of rotatable bonds is 4. The summed E-state index contributed by atoms with van der Waals surface area (Å²) in [5.41, 5.74) is 1.46. The van der Waals surface area contributed by atoms with E-state index in [0.717, 1.165) is 25.9 Å². The summed E-state index contributed by atoms with van der Waals surface area (Å²) < 4.78 is 16.0. The van der Waals surface area contributed by atoms with Gasteiger partial charge in [-0.05, 0) is 31.6 Å². The van der Waals surface area contributed by atoms with Gasteiger partial charge in [0, 0.05) is 26.7 Å². The molecule has 0 saturated carbocycles. The first-order valence-corrected chi connectivity index (χ1v) is 9.30. The second-order valence-electron chi connectivity index (χ2n) is 8.17. The topological polar surface area (TPSA) is 56.8 Å². The standard InChI is InChI=1S/C18H31NO3.C2H6O/c1-12-8-16(22-14(3)13(12)2)9-17(20)19-10-15-6-7-18(4,5)11-21-15;1-3-2/h13-16H,1,6-11H2,2-5H3,(H,19,20);1-2H3/t13-,14?,15?,16?;/m1./s1. The van der Waals surface area contributed by atoms with Crippen molar-refractivity contribution in [3.63, 3.8) is 0 Å². The molecule has 2 fully saturated rings. The van der Waals surface area contributed by atoms with Crippen LogP contribution in [0.25, 0.3) is 0 Å². The number of carbonyl (C=O) groups is 1. The average Bonchev–Trinajstić information content (AvgIpc) is 2.52. The van der Waals surface area contributed by atoms with Gasteiger partial charge in [-0.3, -0.25) is 4.79 Å². The Kier molecular flexibility index (Phi) is 9.11. The van der Waals surface area contributed by atoms with Crippen molar-refractivity contribution < 1.29 is 19.0 Å². The Labute approximate surface area is 153 Å². The largest absolute Gasteiger partial charge is 0.388 e. The molecule has 2 saturated heterocycles. The fourth-order valence-corrected chi connectivity index (χ4v) is 3.12. The van der Waals surface area contributed by atoms with Gasteiger partial charge in [-0.2, -0.15) is 0 Å². The Morgan fingerprint density at radius 1 is 1.32 bits per heavy atom. The summed E-state index contributed by atoms with van der Waals surface area (Å²) in [6.45, 7) is 14.1. The summed E-state index contributed by atoms with van der Waals surface area (Å²) in [7, 11) is 3.25. The highest BCUT2D eigenvalue weighted by Gasteiger charge is 2.30. The number of ether oxygens (including phenoxy) is 3. The molecule has 0 aromatic carbocycles. The summed E-state index contributed by atoms with van der Waals surface area (Å²) in [6.07, 6.45) is 3.61. The van der Waals surface area contributed by atoms with Gasteiger partial charge in [-0.15, -0.1) is 0 Å². The first-order valence-electron chi connectivity index (χ1n) is 9.30. The molecule has 3 unspecified atom stereocenters. The lowest BCUT2D eigenvalue weighted by molar-refractivity contribution is -0.128. The van der Waals surface area contributed by atoms with E-state index in [1.807, 2.05) is 0 Å². The lowest BCUT2D eigenvalue weighted by Gasteiger charge is -2.35. The molecule has 146 valence electrons. The quantitative estimate of drug-likeness (QED) is 0.786. The van der Waals surface area contributed by atoms with Gasteiger partial charge in [0.1, 0.15) is 0 Å². The van der Waals surface area contributed by atoms with E-state index in [0.29, 0.717) is 18.9 Å². The maximum atomic E-state index is 12.1. The van der Waals surface area contributed by atoms with Crippen LogP contribution in [-0.2, 0) is 19.0 Å². The fourth-order valence-electron chi connectivity index (χ4n) is 3.12. The van der Waals surface area contributed by atoms with Gasteiger partial charge in [-0.1, -0.05) is 32.9 Å². The molecule has 25 heavy (non-hydrogen) atoms. The Hall–Kier alpha value is -0.910. The third-order valence-electron chi connectivity index (χ3n) is 5.04. The molecular weight excluding hydrogens is 318 g/mol. The summed E-state index contributed by atoms with van der Waals surface area (Å²) >= 11 is 0. The van der Waals surface area contributed by atoms with Crippen LogP contribution in [0, 0.1) is 11.3 Å². The van der Waals surface area contributed by atoms with Gasteiger partial charge >= 0.3 is 0 Å². The zero-order chi connectivity index (χ0) is 19.0. The van der Waals surface area contributed by atoms with Crippen molar-refractivity contribution in [1.29, 1.82) is 0 Å². The van der Waals surface area contributed by atoms with E-state index < -0.39 is 0 Å². The van der Waals surface area contributed by atoms with Gasteiger partial charge in [0.25, 0.3) is 0 Å². The summed E-state index contributed by atoms with van der Waals surface area (Å²) in [5, 5.41) is 2.99. The molecular formula is C20H37NO4. The van der Waals surface area contributed by atoms with Crippen LogP contribution in [0.5, 0.6) is 0 Å². The number of hydrogen-bond acceptors (Lipinski definition) is 4. The minimum atomic E-state index is -0.0371. The maximum Gasteiger partial charge on any atom is 0.222 e. The number of carbonyl (C=O) groups excluding carboxylic acids is 1. The SMILES string of the molecule is C=C1CC(CC(=O)NCC2CCC(C)(C)CO2)OC(C)[C@@H]1C.COC. The van der Waals surface area contributed by atoms with Crippen molar-refractivity contribution in [1.82, 2.24) is 5.32 Å². The van der Waals surface area contributed by atoms with E-state index >= 15 is 0 Å². The smallest absolute Gasteiger partial charge is 0.222 e. The molecule has 1 amide bonds. The molecule has 2 aliphatic heterocycles. The Bertz CT molecular complexity index is 425. The second kappa shape index (κ2) is 10.3. The highest BCUT2D eigenvalue weighted by atomic mass is 16.5. The zero-order valence-electron chi connectivity index (χ0n) is 16.9. The van der Waals surface area contributed by atoms with E-state index in [9.17, 15) is 4.79 Å². The second-order valence-corrected chi connectivity index (χ2v) is 8.17. The lowest BCUT2D eigenvalue weighted by Crippen LogP contribution is -2.41. The summed E-state index contributed by atoms with van der Waals surface area (Å²) in [4.78, 5) is 12.1. The lowest BCUT2D eigenvalue weighted by atomic mass is 9.85. The van der Waals surface area contributed by atoms with E-state index in [1.54, 1.807) is 14.2 Å². The molecule has 5 heteroatoms. The minimum absolute atomic E-state index is 0.0371. The molecule has 2 heterocycles. The molecule has 2 rings (SSSR count). The molecule has 4 atom stereocenters. The van der Waals surface area contributed by atoms with Crippen LogP contribution in [0.4, 0.5) is 0 Å². The van der Waals surface area contributed by atoms with E-state index in [-0.39, 0.29) is 29.6 Å². The van der Waals surface area contributed by atoms with Crippen molar-refractivity contribution in [3.8, 4) is 0 Å². The average molecular weight is 356 g/mol. The first kappa shape index (κ1) is 22.1. The zero-order valence-corrected chi connectivity index (χ0v) is 16.9. The van der Waals surface area contributed by atoms with Crippen molar-refractivity contribution in [2.45, 2.75) is 71.7 Å². The Morgan fingerprint density at radius 3 is 2.48 bits per heavy atom. The van der Waals surface area contributed by atoms with Crippen molar-refractivity contribution >= 4 is 5.91 Å². The number of amides is 1. The third kappa shape index (κ3) is 7.89. The van der Waals surface area contributed by atoms with Gasteiger partial charge < -0.3 is 19.5 Å². The predicted molar refractivity (Wildman–Crippen MR) is 101 cm³/mol. The highest BCUT2D eigenvalue weighted by Crippen LogP contribution is 2.30. The third-order valence-corrected chi connectivity index (χ3v) is 5.04. The Balaban J connectivity index is 0.000000970. The molecule has 1 N–H and O–H groups in total.